The Kier molecular flexibility index (Phi) is 3.89. The molecule has 0 unspecified atom stereocenters. The first kappa shape index (κ1) is 14.0. The zero-order valence-electron chi connectivity index (χ0n) is 10.2. The Labute approximate surface area is 116 Å². The van der Waals surface area contributed by atoms with Gasteiger partial charge in [0.1, 0.15) is 16.2 Å². The van der Waals surface area contributed by atoms with Crippen LogP contribution in [0.1, 0.15) is 25.6 Å². The Morgan fingerprint density at radius 2 is 1.58 bits per heavy atom. The topological polar surface area (TPSA) is 25.8 Å². The molecule has 0 aliphatic rings. The number of hydrogen-bond acceptors (Lipinski definition) is 2. The van der Waals surface area contributed by atoms with E-state index in [2.05, 4.69) is 25.9 Å². The fourth-order valence-corrected chi connectivity index (χ4v) is 1.95. The Bertz CT molecular complexity index is 630. The third-order valence-corrected chi connectivity index (χ3v) is 2.92. The summed E-state index contributed by atoms with van der Waals surface area (Å²) in [6.07, 6.45) is 0. The van der Waals surface area contributed by atoms with Crippen LogP contribution in [-0.4, -0.2) is 9.97 Å². The molecule has 0 amide bonds. The molecule has 100 valence electrons. The second kappa shape index (κ2) is 5.28. The molecule has 0 aliphatic carbocycles. The lowest BCUT2D eigenvalue weighted by Gasteiger charge is -2.09. The minimum atomic E-state index is -1.22. The maximum Gasteiger partial charge on any atom is 0.161 e. The van der Waals surface area contributed by atoms with Crippen LogP contribution in [0.3, 0.4) is 0 Å². The summed E-state index contributed by atoms with van der Waals surface area (Å²) in [6, 6.07) is 2.76. The first-order valence-corrected chi connectivity index (χ1v) is 6.37. The van der Waals surface area contributed by atoms with Gasteiger partial charge in [-0.15, -0.1) is 0 Å². The first-order chi connectivity index (χ1) is 8.88. The summed E-state index contributed by atoms with van der Waals surface area (Å²) < 4.78 is 40.3. The fraction of sp³-hybridized carbons (Fsp3) is 0.231. The van der Waals surface area contributed by atoms with Crippen LogP contribution in [0.15, 0.2) is 22.8 Å². The van der Waals surface area contributed by atoms with Crippen molar-refractivity contribution in [2.75, 3.05) is 0 Å². The third kappa shape index (κ3) is 2.94. The zero-order valence-corrected chi connectivity index (χ0v) is 11.8. The highest BCUT2D eigenvalue weighted by atomic mass is 79.9. The predicted octanol–water partition coefficient (Wildman–Crippen LogP) is 4.45. The van der Waals surface area contributed by atoms with Gasteiger partial charge >= 0.3 is 0 Å². The van der Waals surface area contributed by atoms with Crippen LogP contribution < -0.4 is 0 Å². The number of hydrogen-bond donors (Lipinski definition) is 0. The first-order valence-electron chi connectivity index (χ1n) is 5.58. The van der Waals surface area contributed by atoms with Gasteiger partial charge < -0.3 is 0 Å². The van der Waals surface area contributed by atoms with Gasteiger partial charge in [-0.25, -0.2) is 23.1 Å². The lowest BCUT2D eigenvalue weighted by Crippen LogP contribution is -2.01. The highest BCUT2D eigenvalue weighted by Gasteiger charge is 2.15. The summed E-state index contributed by atoms with van der Waals surface area (Å²) in [5, 5.41) is 0. The molecule has 1 heterocycles. The summed E-state index contributed by atoms with van der Waals surface area (Å²) >= 11 is 3.19. The van der Waals surface area contributed by atoms with Crippen LogP contribution in [0.4, 0.5) is 13.2 Å². The number of halogens is 4. The van der Waals surface area contributed by atoms with Crippen molar-refractivity contribution in [2.45, 2.75) is 19.8 Å². The Balaban J connectivity index is 2.62. The van der Waals surface area contributed by atoms with Crippen LogP contribution >= 0.6 is 15.9 Å². The highest BCUT2D eigenvalue weighted by Crippen LogP contribution is 2.26. The fourth-order valence-electron chi connectivity index (χ4n) is 1.55. The molecule has 0 aliphatic heterocycles. The predicted molar refractivity (Wildman–Crippen MR) is 69.1 cm³/mol. The summed E-state index contributed by atoms with van der Waals surface area (Å²) in [6.45, 7) is 3.76. The average Bonchev–Trinajstić information content (AvgIpc) is 2.33. The largest absolute Gasteiger partial charge is 0.232 e. The molecular weight excluding hydrogens is 321 g/mol. The molecule has 0 saturated heterocycles. The number of rotatable bonds is 2. The van der Waals surface area contributed by atoms with Crippen molar-refractivity contribution in [2.24, 2.45) is 0 Å². The normalized spacial score (nSPS) is 11.1. The van der Waals surface area contributed by atoms with Crippen molar-refractivity contribution in [3.63, 3.8) is 0 Å². The van der Waals surface area contributed by atoms with Gasteiger partial charge in [-0.1, -0.05) is 13.8 Å². The van der Waals surface area contributed by atoms with E-state index in [4.69, 9.17) is 0 Å². The number of aromatic nitrogens is 2. The molecule has 2 rings (SSSR count). The van der Waals surface area contributed by atoms with E-state index in [-0.39, 0.29) is 17.2 Å². The minimum Gasteiger partial charge on any atom is -0.232 e. The molecule has 0 bridgehead atoms. The quantitative estimate of drug-likeness (QED) is 0.600. The molecule has 6 heteroatoms. The van der Waals surface area contributed by atoms with Gasteiger partial charge in [-0.3, -0.25) is 0 Å². The molecule has 0 spiro atoms. The van der Waals surface area contributed by atoms with Crippen molar-refractivity contribution in [3.8, 4) is 11.3 Å². The maximum atomic E-state index is 13.7. The number of nitrogens with zero attached hydrogens (tertiary/aromatic N) is 2. The monoisotopic (exact) mass is 330 g/mol. The third-order valence-electron chi connectivity index (χ3n) is 2.51. The highest BCUT2D eigenvalue weighted by molar-refractivity contribution is 9.10. The van der Waals surface area contributed by atoms with Crippen molar-refractivity contribution in [1.29, 1.82) is 0 Å². The van der Waals surface area contributed by atoms with E-state index in [1.165, 1.54) is 6.07 Å². The summed E-state index contributed by atoms with van der Waals surface area (Å²) in [7, 11) is 0. The molecule has 1 aromatic heterocycles. The zero-order chi connectivity index (χ0) is 14.2. The summed E-state index contributed by atoms with van der Waals surface area (Å²) in [4.78, 5) is 8.31. The van der Waals surface area contributed by atoms with E-state index in [1.807, 2.05) is 13.8 Å². The second-order valence-corrected chi connectivity index (χ2v) is 5.15. The van der Waals surface area contributed by atoms with E-state index in [1.54, 1.807) is 0 Å². The molecule has 0 saturated carbocycles. The standard InChI is InChI=1S/C13H10BrF3N2/c1-6(2)13-18-11(5-12(14)19-13)7-3-9(16)10(17)4-8(7)15/h3-6H,1-2H3. The van der Waals surface area contributed by atoms with Crippen LogP contribution in [0.25, 0.3) is 11.3 Å². The Morgan fingerprint density at radius 1 is 0.947 bits per heavy atom. The van der Waals surface area contributed by atoms with Crippen LogP contribution in [0.2, 0.25) is 0 Å². The summed E-state index contributed by atoms with van der Waals surface area (Å²) in [5.74, 6) is -2.67. The minimum absolute atomic E-state index is 0.0320. The van der Waals surface area contributed by atoms with Gasteiger partial charge in [0.2, 0.25) is 0 Å². The van der Waals surface area contributed by atoms with E-state index >= 15 is 0 Å². The molecule has 0 fully saturated rings. The van der Waals surface area contributed by atoms with Crippen LogP contribution in [-0.2, 0) is 0 Å². The Morgan fingerprint density at radius 3 is 2.21 bits per heavy atom. The molecule has 0 atom stereocenters. The molecule has 1 aromatic carbocycles. The van der Waals surface area contributed by atoms with Gasteiger partial charge in [-0.2, -0.15) is 0 Å². The molecular formula is C13H10BrF3N2. The van der Waals surface area contributed by atoms with Gasteiger partial charge in [0, 0.05) is 17.5 Å². The maximum absolute atomic E-state index is 13.7. The van der Waals surface area contributed by atoms with E-state index in [0.29, 0.717) is 16.5 Å². The second-order valence-electron chi connectivity index (χ2n) is 4.33. The molecule has 2 aromatic rings. The van der Waals surface area contributed by atoms with Gasteiger partial charge in [-0.05, 0) is 28.1 Å². The number of benzene rings is 1. The van der Waals surface area contributed by atoms with Gasteiger partial charge in [0.25, 0.3) is 0 Å². The average molecular weight is 331 g/mol. The van der Waals surface area contributed by atoms with E-state index in [9.17, 15) is 13.2 Å². The van der Waals surface area contributed by atoms with Crippen LogP contribution in [0.5, 0.6) is 0 Å². The lowest BCUT2D eigenvalue weighted by atomic mass is 10.1. The molecule has 0 radical (unpaired) electrons. The van der Waals surface area contributed by atoms with Gasteiger partial charge in [0.05, 0.1) is 5.69 Å². The molecule has 0 N–H and O–H groups in total. The van der Waals surface area contributed by atoms with E-state index in [0.717, 1.165) is 6.07 Å². The smallest absolute Gasteiger partial charge is 0.161 e. The molecule has 19 heavy (non-hydrogen) atoms. The van der Waals surface area contributed by atoms with Crippen molar-refractivity contribution in [1.82, 2.24) is 9.97 Å². The van der Waals surface area contributed by atoms with Gasteiger partial charge in [0.15, 0.2) is 11.6 Å². The Hall–Kier alpha value is -1.43. The summed E-state index contributed by atoms with van der Waals surface area (Å²) in [5.41, 5.74) is 0.117. The molecule has 2 nitrogen and oxygen atoms in total. The van der Waals surface area contributed by atoms with Crippen molar-refractivity contribution in [3.05, 3.63) is 46.1 Å². The van der Waals surface area contributed by atoms with Crippen molar-refractivity contribution >= 4 is 15.9 Å². The van der Waals surface area contributed by atoms with Crippen molar-refractivity contribution < 1.29 is 13.2 Å². The van der Waals surface area contributed by atoms with Crippen LogP contribution in [0, 0.1) is 17.5 Å². The SMILES string of the molecule is CC(C)c1nc(Br)cc(-c2cc(F)c(F)cc2F)n1. The van der Waals surface area contributed by atoms with E-state index < -0.39 is 17.5 Å². The lowest BCUT2D eigenvalue weighted by molar-refractivity contribution is 0.496.